The van der Waals surface area contributed by atoms with Gasteiger partial charge in [-0.25, -0.2) is 4.79 Å². The Labute approximate surface area is 173 Å². The number of benzene rings is 2. The lowest BCUT2D eigenvalue weighted by molar-refractivity contribution is 0.0910. The quantitative estimate of drug-likeness (QED) is 0.451. The fraction of sp³-hybridized carbons (Fsp3) is 0.136. The van der Waals surface area contributed by atoms with Crippen molar-refractivity contribution in [1.29, 1.82) is 0 Å². The van der Waals surface area contributed by atoms with Gasteiger partial charge < -0.3 is 25.7 Å². The number of urea groups is 1. The average molecular weight is 406 g/mol. The summed E-state index contributed by atoms with van der Waals surface area (Å²) in [4.78, 5) is 36.0. The summed E-state index contributed by atoms with van der Waals surface area (Å²) in [6.07, 6.45) is 1.42. The molecule has 0 radical (unpaired) electrons. The minimum atomic E-state index is -0.367. The van der Waals surface area contributed by atoms with Crippen LogP contribution in [0.3, 0.4) is 0 Å². The summed E-state index contributed by atoms with van der Waals surface area (Å²) in [5.41, 5.74) is 2.69. The third-order valence-corrected chi connectivity index (χ3v) is 4.24. The average Bonchev–Trinajstić information content (AvgIpc) is 3.28. The molecule has 0 fully saturated rings. The number of rotatable bonds is 7. The van der Waals surface area contributed by atoms with Crippen molar-refractivity contribution in [2.24, 2.45) is 0 Å². The molecule has 1 heterocycles. The molecule has 0 aliphatic heterocycles. The Morgan fingerprint density at radius 1 is 0.800 bits per heavy atom. The SMILES string of the molecule is Cc1ccccc1NC(=O)Nc1ccc(C(=O)NCCNC(=O)c2ccco2)cc1. The first kappa shape index (κ1) is 20.7. The van der Waals surface area contributed by atoms with E-state index < -0.39 is 0 Å². The predicted octanol–water partition coefficient (Wildman–Crippen LogP) is 3.39. The molecule has 154 valence electrons. The standard InChI is InChI=1S/C22H22N4O4/c1-15-5-2-3-6-18(15)26-22(29)25-17-10-8-16(9-11-17)20(27)23-12-13-24-21(28)19-7-4-14-30-19/h2-11,14H,12-13H2,1H3,(H,23,27)(H,24,28)(H2,25,26,29). The zero-order valence-electron chi connectivity index (χ0n) is 16.4. The van der Waals surface area contributed by atoms with E-state index in [4.69, 9.17) is 4.42 Å². The van der Waals surface area contributed by atoms with Crippen LogP contribution in [0.25, 0.3) is 0 Å². The highest BCUT2D eigenvalue weighted by atomic mass is 16.3. The van der Waals surface area contributed by atoms with Crippen molar-refractivity contribution in [3.63, 3.8) is 0 Å². The first-order valence-corrected chi connectivity index (χ1v) is 9.36. The molecular formula is C22H22N4O4. The fourth-order valence-corrected chi connectivity index (χ4v) is 2.65. The third kappa shape index (κ3) is 5.71. The van der Waals surface area contributed by atoms with E-state index in [0.717, 1.165) is 11.3 Å². The van der Waals surface area contributed by atoms with Crippen molar-refractivity contribution in [2.45, 2.75) is 6.92 Å². The number of anilines is 2. The number of amides is 4. The molecule has 3 rings (SSSR count). The van der Waals surface area contributed by atoms with Gasteiger partial charge >= 0.3 is 6.03 Å². The molecule has 4 amide bonds. The summed E-state index contributed by atoms with van der Waals surface area (Å²) < 4.78 is 4.99. The number of carbonyl (C=O) groups excluding carboxylic acids is 3. The molecule has 0 saturated heterocycles. The molecule has 8 heteroatoms. The molecule has 2 aromatic carbocycles. The lowest BCUT2D eigenvalue weighted by atomic mass is 10.2. The van der Waals surface area contributed by atoms with E-state index >= 15 is 0 Å². The van der Waals surface area contributed by atoms with Gasteiger partial charge in [0.2, 0.25) is 0 Å². The summed E-state index contributed by atoms with van der Waals surface area (Å²) in [6, 6.07) is 16.8. The summed E-state index contributed by atoms with van der Waals surface area (Å²) in [5.74, 6) is -0.400. The van der Waals surface area contributed by atoms with Crippen molar-refractivity contribution in [1.82, 2.24) is 10.6 Å². The van der Waals surface area contributed by atoms with Gasteiger partial charge in [0.1, 0.15) is 0 Å². The maximum absolute atomic E-state index is 12.2. The van der Waals surface area contributed by atoms with E-state index in [2.05, 4.69) is 21.3 Å². The first-order valence-electron chi connectivity index (χ1n) is 9.36. The Bertz CT molecular complexity index is 1010. The normalized spacial score (nSPS) is 10.2. The van der Waals surface area contributed by atoms with Crippen molar-refractivity contribution in [3.8, 4) is 0 Å². The summed E-state index contributed by atoms with van der Waals surface area (Å²) >= 11 is 0. The maximum Gasteiger partial charge on any atom is 0.323 e. The van der Waals surface area contributed by atoms with Crippen molar-refractivity contribution >= 4 is 29.2 Å². The van der Waals surface area contributed by atoms with Gasteiger partial charge in [0.05, 0.1) is 6.26 Å². The van der Waals surface area contributed by atoms with Crippen LogP contribution in [0.5, 0.6) is 0 Å². The lowest BCUT2D eigenvalue weighted by Gasteiger charge is -2.10. The van der Waals surface area contributed by atoms with Gasteiger partial charge in [-0.2, -0.15) is 0 Å². The number of para-hydroxylation sites is 1. The van der Waals surface area contributed by atoms with Crippen molar-refractivity contribution < 1.29 is 18.8 Å². The molecule has 0 aliphatic rings. The van der Waals surface area contributed by atoms with Gasteiger partial charge in [-0.05, 0) is 55.0 Å². The summed E-state index contributed by atoms with van der Waals surface area (Å²) in [7, 11) is 0. The van der Waals surface area contributed by atoms with E-state index in [-0.39, 0.29) is 36.7 Å². The van der Waals surface area contributed by atoms with E-state index in [9.17, 15) is 14.4 Å². The van der Waals surface area contributed by atoms with Gasteiger partial charge in [0.15, 0.2) is 5.76 Å². The second-order valence-corrected chi connectivity index (χ2v) is 6.46. The molecule has 1 aromatic heterocycles. The van der Waals surface area contributed by atoms with Crippen LogP contribution in [0.4, 0.5) is 16.2 Å². The molecule has 0 spiro atoms. The molecule has 3 aromatic rings. The van der Waals surface area contributed by atoms with Crippen molar-refractivity contribution in [3.05, 3.63) is 83.8 Å². The summed E-state index contributed by atoms with van der Waals surface area (Å²) in [5, 5.41) is 10.9. The van der Waals surface area contributed by atoms with Crippen LogP contribution in [0.15, 0.2) is 71.3 Å². The van der Waals surface area contributed by atoms with Gasteiger partial charge in [-0.3, -0.25) is 9.59 Å². The van der Waals surface area contributed by atoms with Gasteiger partial charge in [-0.15, -0.1) is 0 Å². The number of carbonyl (C=O) groups is 3. The number of furan rings is 1. The number of nitrogens with one attached hydrogen (secondary N) is 4. The van der Waals surface area contributed by atoms with Crippen LogP contribution >= 0.6 is 0 Å². The highest BCUT2D eigenvalue weighted by Crippen LogP contribution is 2.14. The van der Waals surface area contributed by atoms with E-state index in [0.29, 0.717) is 11.3 Å². The van der Waals surface area contributed by atoms with Gasteiger partial charge in [-0.1, -0.05) is 18.2 Å². The summed E-state index contributed by atoms with van der Waals surface area (Å²) in [6.45, 7) is 2.44. The van der Waals surface area contributed by atoms with Crippen LogP contribution in [-0.2, 0) is 0 Å². The molecule has 0 saturated carbocycles. The molecule has 0 bridgehead atoms. The molecule has 0 atom stereocenters. The molecule has 8 nitrogen and oxygen atoms in total. The van der Waals surface area contributed by atoms with E-state index in [1.165, 1.54) is 6.26 Å². The van der Waals surface area contributed by atoms with Crippen LogP contribution in [0, 0.1) is 6.92 Å². The Morgan fingerprint density at radius 3 is 2.17 bits per heavy atom. The van der Waals surface area contributed by atoms with Crippen molar-refractivity contribution in [2.75, 3.05) is 23.7 Å². The Hall–Kier alpha value is -4.07. The van der Waals surface area contributed by atoms with Crippen LogP contribution < -0.4 is 21.3 Å². The zero-order valence-corrected chi connectivity index (χ0v) is 16.4. The number of hydrogen-bond donors (Lipinski definition) is 4. The molecule has 30 heavy (non-hydrogen) atoms. The van der Waals surface area contributed by atoms with Crippen LogP contribution in [0.2, 0.25) is 0 Å². The Kier molecular flexibility index (Phi) is 6.83. The lowest BCUT2D eigenvalue weighted by Crippen LogP contribution is -2.34. The number of aryl methyl sites for hydroxylation is 1. The van der Waals surface area contributed by atoms with Crippen LogP contribution in [-0.4, -0.2) is 30.9 Å². The minimum Gasteiger partial charge on any atom is -0.459 e. The molecule has 0 aliphatic carbocycles. The number of hydrogen-bond acceptors (Lipinski definition) is 4. The monoisotopic (exact) mass is 406 g/mol. The highest BCUT2D eigenvalue weighted by Gasteiger charge is 2.09. The predicted molar refractivity (Wildman–Crippen MR) is 114 cm³/mol. The molecule has 4 N–H and O–H groups in total. The smallest absolute Gasteiger partial charge is 0.323 e. The fourth-order valence-electron chi connectivity index (χ4n) is 2.65. The highest BCUT2D eigenvalue weighted by molar-refractivity contribution is 6.01. The van der Waals surface area contributed by atoms with Gasteiger partial charge in [0.25, 0.3) is 11.8 Å². The minimum absolute atomic E-state index is 0.218. The first-order chi connectivity index (χ1) is 14.5. The third-order valence-electron chi connectivity index (χ3n) is 4.24. The second-order valence-electron chi connectivity index (χ2n) is 6.46. The van der Waals surface area contributed by atoms with E-state index in [1.807, 2.05) is 31.2 Å². The maximum atomic E-state index is 12.2. The largest absolute Gasteiger partial charge is 0.459 e. The molecule has 0 unspecified atom stereocenters. The Morgan fingerprint density at radius 2 is 1.50 bits per heavy atom. The zero-order chi connectivity index (χ0) is 21.3. The van der Waals surface area contributed by atoms with Gasteiger partial charge in [0, 0.05) is 30.0 Å². The molecular weight excluding hydrogens is 384 g/mol. The van der Waals surface area contributed by atoms with E-state index in [1.54, 1.807) is 36.4 Å². The topological polar surface area (TPSA) is 112 Å². The Balaban J connectivity index is 1.43. The van der Waals surface area contributed by atoms with Crippen LogP contribution in [0.1, 0.15) is 26.5 Å². The second kappa shape index (κ2) is 9.92.